The standard InChI is InChI=1S/C31H27N3O9S/c1-18(35)42-16-22-17-44-30-26(32-25(37)14-21-12-13-23(34(40)41)15-24(21)36)29(38)33(30)27(22)31(39)43-28(19-8-4-2-5-9-19)20-10-6-3-7-11-20/h2-13,15,26,28,30,36H,14,16-17H2,1H3,(H,32,37)/t26-,30-/m1/s1. The highest BCUT2D eigenvalue weighted by Gasteiger charge is 2.54. The Bertz CT molecular complexity index is 1610. The first-order valence-electron chi connectivity index (χ1n) is 13.5. The summed E-state index contributed by atoms with van der Waals surface area (Å²) in [7, 11) is 0. The number of fused-ring (bicyclic) bond motifs is 1. The third kappa shape index (κ3) is 6.42. The van der Waals surface area contributed by atoms with Gasteiger partial charge >= 0.3 is 11.9 Å². The highest BCUT2D eigenvalue weighted by molar-refractivity contribution is 8.00. The molecule has 3 aromatic carbocycles. The maximum absolute atomic E-state index is 13.8. The molecule has 2 amide bonds. The molecule has 12 nitrogen and oxygen atoms in total. The predicted octanol–water partition coefficient (Wildman–Crippen LogP) is 3.39. The Morgan fingerprint density at radius 1 is 1.07 bits per heavy atom. The Kier molecular flexibility index (Phi) is 8.95. The topological polar surface area (TPSA) is 165 Å². The van der Waals surface area contributed by atoms with Crippen LogP contribution in [-0.4, -0.2) is 62.5 Å². The number of hydrogen-bond donors (Lipinski definition) is 2. The van der Waals surface area contributed by atoms with Crippen LogP contribution in [0.3, 0.4) is 0 Å². The van der Waals surface area contributed by atoms with E-state index in [0.29, 0.717) is 16.7 Å². The van der Waals surface area contributed by atoms with E-state index in [4.69, 9.17) is 9.47 Å². The molecule has 0 spiro atoms. The van der Waals surface area contributed by atoms with Crippen LogP contribution < -0.4 is 5.32 Å². The summed E-state index contributed by atoms with van der Waals surface area (Å²) in [6.45, 7) is 1.02. The molecule has 0 aromatic heterocycles. The van der Waals surface area contributed by atoms with Gasteiger partial charge in [-0.05, 0) is 17.2 Å². The number of benzene rings is 3. The van der Waals surface area contributed by atoms with Crippen LogP contribution in [0.15, 0.2) is 90.1 Å². The molecule has 13 heteroatoms. The third-order valence-corrected chi connectivity index (χ3v) is 8.41. The minimum absolute atomic E-state index is 0.0459. The maximum atomic E-state index is 13.8. The second-order valence-corrected chi connectivity index (χ2v) is 11.1. The van der Waals surface area contributed by atoms with E-state index in [9.17, 15) is 34.4 Å². The largest absolute Gasteiger partial charge is 0.507 e. The lowest BCUT2D eigenvalue weighted by Gasteiger charge is -2.49. The van der Waals surface area contributed by atoms with Crippen LogP contribution in [0, 0.1) is 10.1 Å². The summed E-state index contributed by atoms with van der Waals surface area (Å²) in [5, 5.41) is 23.1. The molecule has 0 aliphatic carbocycles. The fourth-order valence-electron chi connectivity index (χ4n) is 4.93. The molecule has 1 fully saturated rings. The van der Waals surface area contributed by atoms with Gasteiger partial charge < -0.3 is 19.9 Å². The molecule has 3 aromatic rings. The molecule has 2 atom stereocenters. The molecular formula is C31H27N3O9S. The Labute approximate surface area is 255 Å². The van der Waals surface area contributed by atoms with Crippen molar-refractivity contribution in [3.8, 4) is 5.75 Å². The molecule has 1 saturated heterocycles. The molecule has 0 unspecified atom stereocenters. The van der Waals surface area contributed by atoms with Gasteiger partial charge in [0.2, 0.25) is 5.91 Å². The number of nitrogens with zero attached hydrogens (tertiary/aromatic N) is 2. The van der Waals surface area contributed by atoms with E-state index in [1.54, 1.807) is 0 Å². The molecule has 226 valence electrons. The van der Waals surface area contributed by atoms with E-state index in [1.165, 1.54) is 35.7 Å². The highest BCUT2D eigenvalue weighted by atomic mass is 32.2. The van der Waals surface area contributed by atoms with E-state index in [1.807, 2.05) is 60.7 Å². The van der Waals surface area contributed by atoms with Crippen LogP contribution in [0.25, 0.3) is 0 Å². The van der Waals surface area contributed by atoms with Gasteiger partial charge in [-0.25, -0.2) is 4.79 Å². The number of esters is 2. The molecule has 0 radical (unpaired) electrons. The van der Waals surface area contributed by atoms with Gasteiger partial charge in [-0.3, -0.25) is 29.4 Å². The van der Waals surface area contributed by atoms with E-state index in [-0.39, 0.29) is 35.7 Å². The number of aromatic hydroxyl groups is 1. The number of carbonyl (C=O) groups excluding carboxylic acids is 4. The van der Waals surface area contributed by atoms with Gasteiger partial charge in [0, 0.05) is 29.9 Å². The summed E-state index contributed by atoms with van der Waals surface area (Å²) >= 11 is 1.28. The fourth-order valence-corrected chi connectivity index (χ4v) is 6.26. The number of nitro groups is 1. The summed E-state index contributed by atoms with van der Waals surface area (Å²) in [6.07, 6.45) is -1.12. The second-order valence-electron chi connectivity index (χ2n) is 10.0. The number of β-lactam (4-membered cyclic amide) rings is 1. The van der Waals surface area contributed by atoms with Crippen molar-refractivity contribution in [1.29, 1.82) is 0 Å². The van der Waals surface area contributed by atoms with Crippen molar-refractivity contribution in [2.24, 2.45) is 0 Å². The monoisotopic (exact) mass is 617 g/mol. The predicted molar refractivity (Wildman–Crippen MR) is 158 cm³/mol. The van der Waals surface area contributed by atoms with Crippen LogP contribution in [-0.2, 0) is 35.1 Å². The van der Waals surface area contributed by atoms with Gasteiger partial charge in [0.15, 0.2) is 6.10 Å². The van der Waals surface area contributed by atoms with Crippen molar-refractivity contribution < 1.29 is 38.7 Å². The lowest BCUT2D eigenvalue weighted by atomic mass is 10.0. The molecule has 2 aliphatic heterocycles. The van der Waals surface area contributed by atoms with E-state index >= 15 is 0 Å². The lowest BCUT2D eigenvalue weighted by Crippen LogP contribution is -2.70. The number of hydrogen-bond acceptors (Lipinski definition) is 10. The number of ether oxygens (including phenoxy) is 2. The number of phenolic OH excluding ortho intramolecular Hbond substituents is 1. The van der Waals surface area contributed by atoms with Gasteiger partial charge in [0.05, 0.1) is 17.4 Å². The van der Waals surface area contributed by atoms with Gasteiger partial charge in [0.1, 0.15) is 29.5 Å². The minimum atomic E-state index is -0.982. The smallest absolute Gasteiger partial charge is 0.356 e. The normalized spacial score (nSPS) is 17.4. The Morgan fingerprint density at radius 2 is 1.70 bits per heavy atom. The molecule has 44 heavy (non-hydrogen) atoms. The van der Waals surface area contributed by atoms with Crippen molar-refractivity contribution in [2.45, 2.75) is 30.9 Å². The minimum Gasteiger partial charge on any atom is -0.507 e. The van der Waals surface area contributed by atoms with Gasteiger partial charge in [-0.15, -0.1) is 11.8 Å². The van der Waals surface area contributed by atoms with Crippen molar-refractivity contribution in [3.05, 3.63) is 117 Å². The number of rotatable bonds is 10. The number of nitro benzene ring substituents is 1. The number of amides is 2. The van der Waals surface area contributed by atoms with Crippen LogP contribution >= 0.6 is 11.8 Å². The Hall–Kier alpha value is -5.17. The molecule has 0 bridgehead atoms. The van der Waals surface area contributed by atoms with Crippen LogP contribution in [0.2, 0.25) is 0 Å². The number of thioether (sulfide) groups is 1. The number of non-ortho nitro benzene ring substituents is 1. The van der Waals surface area contributed by atoms with Crippen molar-refractivity contribution in [3.63, 3.8) is 0 Å². The number of phenols is 1. The highest BCUT2D eigenvalue weighted by Crippen LogP contribution is 2.42. The lowest BCUT2D eigenvalue weighted by molar-refractivity contribution is -0.384. The third-order valence-electron chi connectivity index (χ3n) is 7.07. The zero-order chi connectivity index (χ0) is 31.4. The zero-order valence-electron chi connectivity index (χ0n) is 23.4. The average molecular weight is 618 g/mol. The molecule has 5 rings (SSSR count). The summed E-state index contributed by atoms with van der Waals surface area (Å²) in [5.41, 5.74) is 1.59. The van der Waals surface area contributed by atoms with E-state index in [0.717, 1.165) is 6.07 Å². The van der Waals surface area contributed by atoms with Crippen LogP contribution in [0.5, 0.6) is 5.75 Å². The molecule has 2 aliphatic rings. The summed E-state index contributed by atoms with van der Waals surface area (Å²) in [5.74, 6) is -2.70. The van der Waals surface area contributed by atoms with Crippen LogP contribution in [0.4, 0.5) is 5.69 Å². The summed E-state index contributed by atoms with van der Waals surface area (Å²) < 4.78 is 11.2. The Morgan fingerprint density at radius 3 is 2.27 bits per heavy atom. The molecule has 2 N–H and O–H groups in total. The first-order valence-corrected chi connectivity index (χ1v) is 14.6. The molecular weight excluding hydrogens is 590 g/mol. The van der Waals surface area contributed by atoms with Crippen LogP contribution in [0.1, 0.15) is 29.7 Å². The van der Waals surface area contributed by atoms with E-state index in [2.05, 4.69) is 5.32 Å². The average Bonchev–Trinajstić information content (AvgIpc) is 3.02. The summed E-state index contributed by atoms with van der Waals surface area (Å²) in [6, 6.07) is 20.6. The number of nitrogens with one attached hydrogen (secondary N) is 1. The molecule has 2 heterocycles. The fraction of sp³-hybridized carbons (Fsp3) is 0.226. The van der Waals surface area contributed by atoms with Crippen molar-refractivity contribution >= 4 is 41.2 Å². The maximum Gasteiger partial charge on any atom is 0.356 e. The quantitative estimate of drug-likeness (QED) is 0.149. The van der Waals surface area contributed by atoms with Gasteiger partial charge in [-0.2, -0.15) is 0 Å². The van der Waals surface area contributed by atoms with E-state index < -0.39 is 51.9 Å². The number of carbonyl (C=O) groups is 4. The SMILES string of the molecule is CC(=O)OCC1=C(C(=O)OC(c2ccccc2)c2ccccc2)N2C(=O)[C@@H](NC(=O)Cc3ccc([N+](=O)[O-])cc3O)[C@H]2SC1. The first kappa shape index (κ1) is 30.3. The van der Waals surface area contributed by atoms with Crippen molar-refractivity contribution in [1.82, 2.24) is 10.2 Å². The van der Waals surface area contributed by atoms with Crippen molar-refractivity contribution in [2.75, 3.05) is 12.4 Å². The first-order chi connectivity index (χ1) is 21.1. The van der Waals surface area contributed by atoms with Gasteiger partial charge in [0.25, 0.3) is 11.6 Å². The van der Waals surface area contributed by atoms with Gasteiger partial charge in [-0.1, -0.05) is 60.7 Å². The zero-order valence-corrected chi connectivity index (χ0v) is 24.2. The second kappa shape index (κ2) is 13.0. The summed E-state index contributed by atoms with van der Waals surface area (Å²) in [4.78, 5) is 63.2. The molecule has 0 saturated carbocycles. The Balaban J connectivity index is 1.36.